The minimum absolute atomic E-state index is 0.0513. The lowest BCUT2D eigenvalue weighted by Gasteiger charge is -2.42. The van der Waals surface area contributed by atoms with Gasteiger partial charge >= 0.3 is 0 Å². The summed E-state index contributed by atoms with van der Waals surface area (Å²) in [6.45, 7) is 3.43. The van der Waals surface area contributed by atoms with Gasteiger partial charge in [-0.25, -0.2) is 0 Å². The number of rotatable bonds is 5. The van der Waals surface area contributed by atoms with E-state index in [0.717, 1.165) is 31.4 Å². The third kappa shape index (κ3) is 3.72. The van der Waals surface area contributed by atoms with Crippen molar-refractivity contribution in [2.45, 2.75) is 32.6 Å². The first-order chi connectivity index (χ1) is 13.5. The van der Waals surface area contributed by atoms with Crippen molar-refractivity contribution in [2.24, 2.45) is 17.3 Å². The summed E-state index contributed by atoms with van der Waals surface area (Å²) >= 11 is 1.72. The first kappa shape index (κ1) is 19.2. The topological polar surface area (TPSA) is 49.4 Å². The Bertz CT molecular complexity index is 863. The molecule has 0 bridgehead atoms. The summed E-state index contributed by atoms with van der Waals surface area (Å²) in [6.07, 6.45) is 3.35. The normalized spacial score (nSPS) is 26.7. The molecule has 148 valence electrons. The number of benzene rings is 1. The summed E-state index contributed by atoms with van der Waals surface area (Å²) in [6, 6.07) is 12.7. The van der Waals surface area contributed by atoms with Crippen molar-refractivity contribution >= 4 is 23.2 Å². The molecule has 2 heterocycles. The van der Waals surface area contributed by atoms with Crippen LogP contribution in [0.25, 0.3) is 10.4 Å². The van der Waals surface area contributed by atoms with Gasteiger partial charge in [-0.2, -0.15) is 0 Å². The van der Waals surface area contributed by atoms with E-state index in [1.54, 1.807) is 18.4 Å². The summed E-state index contributed by atoms with van der Waals surface area (Å²) in [7, 11) is 1.70. The summed E-state index contributed by atoms with van der Waals surface area (Å²) in [5, 5.41) is 4.96. The fourth-order valence-corrected chi connectivity index (χ4v) is 5.29. The third-order valence-electron chi connectivity index (χ3n) is 6.30. The highest BCUT2D eigenvalue weighted by Gasteiger charge is 2.47. The highest BCUT2D eigenvalue weighted by molar-refractivity contribution is 7.13. The number of nitrogens with one attached hydrogen (secondary N) is 1. The average molecular weight is 397 g/mol. The minimum Gasteiger partial charge on any atom is -0.359 e. The van der Waals surface area contributed by atoms with E-state index in [1.165, 1.54) is 10.4 Å². The van der Waals surface area contributed by atoms with Crippen molar-refractivity contribution < 1.29 is 9.59 Å². The standard InChI is InChI=1S/C23H28N2O2S/c1-16-12-19(16)21(26)25-10-5-9-23(15-25,22(27)24-2)14-17-6-3-7-18(13-17)20-8-4-11-28-20/h3-4,6-8,11,13,16,19H,5,9-10,12,14-15H2,1-2H3,(H,24,27)/t16-,19+,23+/m1/s1. The molecule has 2 amide bonds. The van der Waals surface area contributed by atoms with Crippen molar-refractivity contribution in [1.29, 1.82) is 0 Å². The van der Waals surface area contributed by atoms with Gasteiger partial charge in [-0.3, -0.25) is 9.59 Å². The molecule has 4 rings (SSSR count). The second kappa shape index (κ2) is 7.70. The number of carbonyl (C=O) groups is 2. The van der Waals surface area contributed by atoms with E-state index in [2.05, 4.69) is 54.0 Å². The van der Waals surface area contributed by atoms with Gasteiger partial charge in [-0.1, -0.05) is 37.3 Å². The second-order valence-corrected chi connectivity index (χ2v) is 9.34. The Hall–Kier alpha value is -2.14. The molecule has 2 aromatic rings. The van der Waals surface area contributed by atoms with Crippen LogP contribution in [0.15, 0.2) is 41.8 Å². The Morgan fingerprint density at radius 1 is 1.29 bits per heavy atom. The molecule has 5 heteroatoms. The molecule has 28 heavy (non-hydrogen) atoms. The van der Waals surface area contributed by atoms with E-state index in [1.807, 2.05) is 4.90 Å². The lowest BCUT2D eigenvalue weighted by molar-refractivity contribution is -0.142. The maximum absolute atomic E-state index is 13.0. The van der Waals surface area contributed by atoms with Gasteiger partial charge in [-0.15, -0.1) is 11.3 Å². The van der Waals surface area contributed by atoms with Crippen LogP contribution in [0.4, 0.5) is 0 Å². The fraction of sp³-hybridized carbons (Fsp3) is 0.478. The predicted molar refractivity (Wildman–Crippen MR) is 113 cm³/mol. The number of hydrogen-bond acceptors (Lipinski definition) is 3. The molecule has 1 saturated carbocycles. The molecule has 1 N–H and O–H groups in total. The van der Waals surface area contributed by atoms with Crippen LogP contribution in [-0.4, -0.2) is 36.9 Å². The zero-order chi connectivity index (χ0) is 19.7. The van der Waals surface area contributed by atoms with Crippen LogP contribution >= 0.6 is 11.3 Å². The van der Waals surface area contributed by atoms with Crippen LogP contribution in [0.3, 0.4) is 0 Å². The van der Waals surface area contributed by atoms with Crippen LogP contribution in [0.5, 0.6) is 0 Å². The predicted octanol–water partition coefficient (Wildman–Crippen LogP) is 3.97. The number of nitrogens with zero attached hydrogens (tertiary/aromatic N) is 1. The molecule has 2 aliphatic rings. The molecular formula is C23H28N2O2S. The van der Waals surface area contributed by atoms with Crippen LogP contribution in [0.2, 0.25) is 0 Å². The smallest absolute Gasteiger partial charge is 0.228 e. The molecule has 1 saturated heterocycles. The summed E-state index contributed by atoms with van der Waals surface area (Å²) in [5.74, 6) is 0.956. The van der Waals surface area contributed by atoms with Crippen LogP contribution in [0.1, 0.15) is 31.7 Å². The van der Waals surface area contributed by atoms with Gasteiger partial charge in [0.15, 0.2) is 0 Å². The molecule has 4 nitrogen and oxygen atoms in total. The molecule has 0 spiro atoms. The number of thiophene rings is 1. The highest BCUT2D eigenvalue weighted by Crippen LogP contribution is 2.42. The Morgan fingerprint density at radius 2 is 2.11 bits per heavy atom. The van der Waals surface area contributed by atoms with E-state index < -0.39 is 5.41 Å². The van der Waals surface area contributed by atoms with Gasteiger partial charge in [0.2, 0.25) is 11.8 Å². The molecule has 1 aliphatic heterocycles. The molecule has 2 fully saturated rings. The Balaban J connectivity index is 1.58. The van der Waals surface area contributed by atoms with Gasteiger partial charge in [0.1, 0.15) is 0 Å². The number of amides is 2. The highest BCUT2D eigenvalue weighted by atomic mass is 32.1. The van der Waals surface area contributed by atoms with Gasteiger partial charge in [-0.05, 0) is 54.2 Å². The van der Waals surface area contributed by atoms with Crippen molar-refractivity contribution in [3.05, 3.63) is 47.3 Å². The van der Waals surface area contributed by atoms with E-state index in [4.69, 9.17) is 0 Å². The number of hydrogen-bond donors (Lipinski definition) is 1. The molecule has 3 atom stereocenters. The first-order valence-electron chi connectivity index (χ1n) is 10.2. The van der Waals surface area contributed by atoms with Gasteiger partial charge in [0.25, 0.3) is 0 Å². The van der Waals surface area contributed by atoms with Crippen LogP contribution in [-0.2, 0) is 16.0 Å². The maximum atomic E-state index is 13.0. The lowest BCUT2D eigenvalue weighted by Crippen LogP contribution is -2.54. The largest absolute Gasteiger partial charge is 0.359 e. The molecule has 1 aromatic carbocycles. The van der Waals surface area contributed by atoms with E-state index in [9.17, 15) is 9.59 Å². The monoisotopic (exact) mass is 396 g/mol. The SMILES string of the molecule is CNC(=O)[C@]1(Cc2cccc(-c3cccs3)c2)CCCN(C(=O)[C@H]2C[C@H]2C)C1. The number of carbonyl (C=O) groups excluding carboxylic acids is 2. The maximum Gasteiger partial charge on any atom is 0.228 e. The van der Waals surface area contributed by atoms with E-state index in [0.29, 0.717) is 18.9 Å². The Labute approximate surface area is 170 Å². The van der Waals surface area contributed by atoms with Crippen molar-refractivity contribution in [3.63, 3.8) is 0 Å². The average Bonchev–Trinajstić information content (AvgIpc) is 3.20. The zero-order valence-electron chi connectivity index (χ0n) is 16.6. The van der Waals surface area contributed by atoms with Crippen molar-refractivity contribution in [1.82, 2.24) is 10.2 Å². The van der Waals surface area contributed by atoms with Crippen molar-refractivity contribution in [2.75, 3.05) is 20.1 Å². The molecule has 1 aliphatic carbocycles. The quantitative estimate of drug-likeness (QED) is 0.831. The van der Waals surface area contributed by atoms with Crippen molar-refractivity contribution in [3.8, 4) is 10.4 Å². The van der Waals surface area contributed by atoms with E-state index in [-0.39, 0.29) is 17.7 Å². The second-order valence-electron chi connectivity index (χ2n) is 8.40. The molecule has 1 aromatic heterocycles. The van der Waals surface area contributed by atoms with Crippen LogP contribution < -0.4 is 5.32 Å². The lowest BCUT2D eigenvalue weighted by atomic mass is 9.74. The minimum atomic E-state index is -0.547. The molecule has 0 unspecified atom stereocenters. The van der Waals surface area contributed by atoms with Crippen LogP contribution in [0, 0.1) is 17.3 Å². The summed E-state index contributed by atoms with van der Waals surface area (Å²) < 4.78 is 0. The molecular weight excluding hydrogens is 368 g/mol. The zero-order valence-corrected chi connectivity index (χ0v) is 17.4. The van der Waals surface area contributed by atoms with Gasteiger partial charge in [0.05, 0.1) is 5.41 Å². The fourth-order valence-electron chi connectivity index (χ4n) is 4.56. The van der Waals surface area contributed by atoms with E-state index >= 15 is 0 Å². The Kier molecular flexibility index (Phi) is 5.28. The Morgan fingerprint density at radius 3 is 2.79 bits per heavy atom. The summed E-state index contributed by atoms with van der Waals surface area (Å²) in [4.78, 5) is 29.0. The van der Waals surface area contributed by atoms with Gasteiger partial charge < -0.3 is 10.2 Å². The number of likely N-dealkylation sites (tertiary alicyclic amines) is 1. The third-order valence-corrected chi connectivity index (χ3v) is 7.22. The molecule has 0 radical (unpaired) electrons. The van der Waals surface area contributed by atoms with Gasteiger partial charge in [0, 0.05) is 30.9 Å². The summed E-state index contributed by atoms with van der Waals surface area (Å²) in [5.41, 5.74) is 1.80. The number of piperidine rings is 1. The first-order valence-corrected chi connectivity index (χ1v) is 11.0.